The van der Waals surface area contributed by atoms with Gasteiger partial charge in [-0.2, -0.15) is 0 Å². The second-order valence-corrected chi connectivity index (χ2v) is 7.11. The Bertz CT molecular complexity index is 1030. The molecule has 0 fully saturated rings. The van der Waals surface area contributed by atoms with Gasteiger partial charge in [0.15, 0.2) is 6.61 Å². The van der Waals surface area contributed by atoms with Gasteiger partial charge >= 0.3 is 5.97 Å². The SMILES string of the molecule is NC(=O)COc1ccc(OCc2ccccc2)c(CCCc2ccccc2C(=O)O)c1. The molecular weight excluding hydrogens is 394 g/mol. The third-order valence-corrected chi connectivity index (χ3v) is 4.79. The van der Waals surface area contributed by atoms with Crippen LogP contribution < -0.4 is 15.2 Å². The molecule has 31 heavy (non-hydrogen) atoms. The van der Waals surface area contributed by atoms with Crippen LogP contribution in [0.5, 0.6) is 11.5 Å². The zero-order valence-electron chi connectivity index (χ0n) is 17.1. The van der Waals surface area contributed by atoms with Gasteiger partial charge in [-0.1, -0.05) is 48.5 Å². The maximum atomic E-state index is 11.4. The van der Waals surface area contributed by atoms with Crippen LogP contribution in [0.15, 0.2) is 72.8 Å². The summed E-state index contributed by atoms with van der Waals surface area (Å²) in [7, 11) is 0. The van der Waals surface area contributed by atoms with Gasteiger partial charge in [-0.15, -0.1) is 0 Å². The number of nitrogens with two attached hydrogens (primary N) is 1. The first-order chi connectivity index (χ1) is 15.0. The zero-order chi connectivity index (χ0) is 22.1. The van der Waals surface area contributed by atoms with Crippen LogP contribution in [0.4, 0.5) is 0 Å². The summed E-state index contributed by atoms with van der Waals surface area (Å²) in [5.74, 6) is -0.214. The molecule has 3 aromatic carbocycles. The Kier molecular flexibility index (Phi) is 7.65. The smallest absolute Gasteiger partial charge is 0.335 e. The van der Waals surface area contributed by atoms with Crippen molar-refractivity contribution in [2.45, 2.75) is 25.9 Å². The summed E-state index contributed by atoms with van der Waals surface area (Å²) in [6.07, 6.45) is 2.00. The number of hydrogen-bond acceptors (Lipinski definition) is 4. The maximum Gasteiger partial charge on any atom is 0.335 e. The van der Waals surface area contributed by atoms with Crippen molar-refractivity contribution in [3.05, 3.63) is 95.1 Å². The van der Waals surface area contributed by atoms with Crippen LogP contribution in [-0.2, 0) is 24.2 Å². The topological polar surface area (TPSA) is 98.9 Å². The molecule has 0 spiro atoms. The fraction of sp³-hybridized carbons (Fsp3) is 0.200. The van der Waals surface area contributed by atoms with Crippen molar-refractivity contribution in [3.63, 3.8) is 0 Å². The molecule has 6 nitrogen and oxygen atoms in total. The molecule has 0 atom stereocenters. The summed E-state index contributed by atoms with van der Waals surface area (Å²) in [6, 6.07) is 22.3. The number of rotatable bonds is 11. The number of carboxylic acid groups (broad SMARTS) is 1. The van der Waals surface area contributed by atoms with Gasteiger partial charge in [-0.3, -0.25) is 4.79 Å². The third kappa shape index (κ3) is 6.60. The number of benzene rings is 3. The highest BCUT2D eigenvalue weighted by atomic mass is 16.5. The first-order valence-corrected chi connectivity index (χ1v) is 10.0. The van der Waals surface area contributed by atoms with E-state index in [4.69, 9.17) is 15.2 Å². The molecule has 0 aliphatic heterocycles. The van der Waals surface area contributed by atoms with Crippen molar-refractivity contribution in [2.75, 3.05) is 6.61 Å². The van der Waals surface area contributed by atoms with Crippen molar-refractivity contribution >= 4 is 11.9 Å². The van der Waals surface area contributed by atoms with Crippen LogP contribution in [-0.4, -0.2) is 23.6 Å². The summed E-state index contributed by atoms with van der Waals surface area (Å²) in [5, 5.41) is 9.37. The number of ether oxygens (including phenoxy) is 2. The normalized spacial score (nSPS) is 10.5. The second-order valence-electron chi connectivity index (χ2n) is 7.11. The molecule has 0 heterocycles. The summed E-state index contributed by atoms with van der Waals surface area (Å²) in [4.78, 5) is 22.5. The zero-order valence-corrected chi connectivity index (χ0v) is 17.1. The maximum absolute atomic E-state index is 11.4. The highest BCUT2D eigenvalue weighted by Gasteiger charge is 2.11. The number of carbonyl (C=O) groups is 2. The van der Waals surface area contributed by atoms with Crippen molar-refractivity contribution in [1.82, 2.24) is 0 Å². The number of primary amides is 1. The van der Waals surface area contributed by atoms with E-state index in [1.54, 1.807) is 18.2 Å². The monoisotopic (exact) mass is 419 g/mol. The van der Waals surface area contributed by atoms with Crippen molar-refractivity contribution < 1.29 is 24.2 Å². The molecular formula is C25H25NO5. The molecule has 3 rings (SSSR count). The molecule has 0 aliphatic rings. The molecule has 6 heteroatoms. The lowest BCUT2D eigenvalue weighted by molar-refractivity contribution is -0.119. The number of hydrogen-bond donors (Lipinski definition) is 2. The summed E-state index contributed by atoms with van der Waals surface area (Å²) in [6.45, 7) is 0.229. The molecule has 0 bridgehead atoms. The molecule has 160 valence electrons. The van der Waals surface area contributed by atoms with E-state index in [-0.39, 0.29) is 6.61 Å². The summed E-state index contributed by atoms with van der Waals surface area (Å²) in [5.41, 5.74) is 8.26. The predicted octanol–water partition coefficient (Wildman–Crippen LogP) is 4.00. The Morgan fingerprint density at radius 3 is 2.29 bits per heavy atom. The van der Waals surface area contributed by atoms with Gasteiger partial charge in [0, 0.05) is 0 Å². The van der Waals surface area contributed by atoms with Crippen molar-refractivity contribution in [1.29, 1.82) is 0 Å². The van der Waals surface area contributed by atoms with E-state index in [1.807, 2.05) is 54.6 Å². The van der Waals surface area contributed by atoms with Crippen LogP contribution >= 0.6 is 0 Å². The lowest BCUT2D eigenvalue weighted by Gasteiger charge is -2.14. The average Bonchev–Trinajstić information content (AvgIpc) is 2.78. The van der Waals surface area contributed by atoms with E-state index < -0.39 is 11.9 Å². The van der Waals surface area contributed by atoms with Gasteiger partial charge in [-0.25, -0.2) is 4.79 Å². The number of aromatic carboxylic acids is 1. The lowest BCUT2D eigenvalue weighted by Crippen LogP contribution is -2.20. The molecule has 0 radical (unpaired) electrons. The van der Waals surface area contributed by atoms with E-state index in [9.17, 15) is 14.7 Å². The fourth-order valence-corrected chi connectivity index (χ4v) is 3.29. The number of carboxylic acids is 1. The minimum Gasteiger partial charge on any atom is -0.489 e. The molecule has 1 amide bonds. The first-order valence-electron chi connectivity index (χ1n) is 10.0. The van der Waals surface area contributed by atoms with Gasteiger partial charge in [0.2, 0.25) is 0 Å². The van der Waals surface area contributed by atoms with E-state index in [0.717, 1.165) is 28.9 Å². The van der Waals surface area contributed by atoms with Crippen LogP contribution in [0.1, 0.15) is 33.5 Å². The Labute approximate surface area is 181 Å². The van der Waals surface area contributed by atoms with Gasteiger partial charge in [-0.05, 0) is 60.2 Å². The Hall–Kier alpha value is -3.80. The molecule has 3 aromatic rings. The Morgan fingerprint density at radius 1 is 0.839 bits per heavy atom. The van der Waals surface area contributed by atoms with Gasteiger partial charge in [0.1, 0.15) is 18.1 Å². The fourth-order valence-electron chi connectivity index (χ4n) is 3.29. The van der Waals surface area contributed by atoms with E-state index in [2.05, 4.69) is 0 Å². The highest BCUT2D eigenvalue weighted by molar-refractivity contribution is 5.89. The third-order valence-electron chi connectivity index (χ3n) is 4.79. The molecule has 0 unspecified atom stereocenters. The molecule has 0 saturated heterocycles. The largest absolute Gasteiger partial charge is 0.489 e. The van der Waals surface area contributed by atoms with Crippen LogP contribution in [0.2, 0.25) is 0 Å². The van der Waals surface area contributed by atoms with Gasteiger partial charge in [0.25, 0.3) is 5.91 Å². The van der Waals surface area contributed by atoms with Crippen LogP contribution in [0.25, 0.3) is 0 Å². The average molecular weight is 419 g/mol. The summed E-state index contributed by atoms with van der Waals surface area (Å²) >= 11 is 0. The predicted molar refractivity (Wildman–Crippen MR) is 117 cm³/mol. The second kappa shape index (κ2) is 10.8. The van der Waals surface area contributed by atoms with E-state index >= 15 is 0 Å². The van der Waals surface area contributed by atoms with E-state index in [1.165, 1.54) is 0 Å². The molecule has 0 saturated carbocycles. The number of aryl methyl sites for hydroxylation is 2. The van der Waals surface area contributed by atoms with Gasteiger partial charge < -0.3 is 20.3 Å². The van der Waals surface area contributed by atoms with Crippen LogP contribution in [0, 0.1) is 0 Å². The highest BCUT2D eigenvalue weighted by Crippen LogP contribution is 2.27. The molecule has 3 N–H and O–H groups in total. The quantitative estimate of drug-likeness (QED) is 0.489. The van der Waals surface area contributed by atoms with E-state index in [0.29, 0.717) is 30.8 Å². The van der Waals surface area contributed by atoms with Crippen molar-refractivity contribution in [3.8, 4) is 11.5 Å². The van der Waals surface area contributed by atoms with Gasteiger partial charge in [0.05, 0.1) is 5.56 Å². The minimum atomic E-state index is -0.927. The molecule has 0 aromatic heterocycles. The first kappa shape index (κ1) is 21.9. The van der Waals surface area contributed by atoms with Crippen LogP contribution in [0.3, 0.4) is 0 Å². The number of amides is 1. The Balaban J connectivity index is 1.72. The molecule has 0 aliphatic carbocycles. The Morgan fingerprint density at radius 2 is 1.55 bits per heavy atom. The standard InChI is InChI=1S/C25H25NO5/c26-24(27)17-30-21-13-14-23(31-16-18-7-2-1-3-8-18)20(15-21)11-6-10-19-9-4-5-12-22(19)25(28)29/h1-5,7-9,12-15H,6,10-11,16-17H2,(H2,26,27)(H,28,29). The minimum absolute atomic E-state index is 0.199. The van der Waals surface area contributed by atoms with Crippen molar-refractivity contribution in [2.24, 2.45) is 5.73 Å². The summed E-state index contributed by atoms with van der Waals surface area (Å²) < 4.78 is 11.5. The lowest BCUT2D eigenvalue weighted by atomic mass is 9.99. The number of carbonyl (C=O) groups excluding carboxylic acids is 1.